The third-order valence-corrected chi connectivity index (χ3v) is 4.58. The van der Waals surface area contributed by atoms with Gasteiger partial charge < -0.3 is 15.5 Å². The van der Waals surface area contributed by atoms with Gasteiger partial charge in [0.25, 0.3) is 0 Å². The summed E-state index contributed by atoms with van der Waals surface area (Å²) < 4.78 is 0. The largest absolute Gasteiger partial charge is 0.373 e. The van der Waals surface area contributed by atoms with E-state index < -0.39 is 0 Å². The molecule has 0 spiro atoms. The van der Waals surface area contributed by atoms with Crippen molar-refractivity contribution in [3.8, 4) is 0 Å². The molecule has 0 aromatic heterocycles. The summed E-state index contributed by atoms with van der Waals surface area (Å²) in [4.78, 5) is 4.68. The molecule has 2 N–H and O–H groups in total. The molecule has 0 aliphatic carbocycles. The monoisotopic (exact) mass is 295 g/mol. The minimum atomic E-state index is 0.0285. The van der Waals surface area contributed by atoms with Crippen LogP contribution in [0.2, 0.25) is 5.02 Å². The number of likely N-dealkylation sites (tertiary alicyclic amines) is 1. The molecule has 1 aromatic carbocycles. The van der Waals surface area contributed by atoms with Crippen molar-refractivity contribution in [2.75, 3.05) is 38.6 Å². The van der Waals surface area contributed by atoms with Gasteiger partial charge in [0.2, 0.25) is 0 Å². The first-order valence-electron chi connectivity index (χ1n) is 7.42. The molecule has 1 fully saturated rings. The maximum absolute atomic E-state index is 6.40. The molecule has 4 heteroatoms. The Morgan fingerprint density at radius 2 is 2.05 bits per heavy atom. The second-order valence-corrected chi connectivity index (χ2v) is 6.53. The van der Waals surface area contributed by atoms with Crippen molar-refractivity contribution in [3.05, 3.63) is 28.8 Å². The summed E-state index contributed by atoms with van der Waals surface area (Å²) in [5, 5.41) is 0.801. The molecule has 0 unspecified atom stereocenters. The SMILES string of the molecule is C[C@@H](N)c1ccc(N(C)CC2CCN(C)CC2)c(Cl)c1. The van der Waals surface area contributed by atoms with Crippen LogP contribution in [0.3, 0.4) is 0 Å². The summed E-state index contributed by atoms with van der Waals surface area (Å²) >= 11 is 6.40. The topological polar surface area (TPSA) is 32.5 Å². The van der Waals surface area contributed by atoms with Gasteiger partial charge in [0.1, 0.15) is 0 Å². The van der Waals surface area contributed by atoms with E-state index in [2.05, 4.69) is 36.0 Å². The zero-order valence-corrected chi connectivity index (χ0v) is 13.5. The minimum Gasteiger partial charge on any atom is -0.373 e. The Kier molecular flexibility index (Phi) is 5.30. The van der Waals surface area contributed by atoms with Crippen molar-refractivity contribution in [2.45, 2.75) is 25.8 Å². The summed E-state index contributed by atoms with van der Waals surface area (Å²) in [6.45, 7) is 5.46. The number of rotatable bonds is 4. The lowest BCUT2D eigenvalue weighted by Crippen LogP contribution is -2.35. The number of nitrogens with zero attached hydrogens (tertiary/aromatic N) is 2. The molecular formula is C16H26ClN3. The van der Waals surface area contributed by atoms with Crippen LogP contribution in [0.15, 0.2) is 18.2 Å². The molecule has 1 aromatic rings. The predicted octanol–water partition coefficient (Wildman–Crippen LogP) is 3.14. The summed E-state index contributed by atoms with van der Waals surface area (Å²) in [6, 6.07) is 6.19. The molecule has 1 aliphatic heterocycles. The fourth-order valence-corrected chi connectivity index (χ4v) is 3.18. The van der Waals surface area contributed by atoms with Crippen LogP contribution in [-0.2, 0) is 0 Å². The second-order valence-electron chi connectivity index (χ2n) is 6.13. The maximum Gasteiger partial charge on any atom is 0.0642 e. The van der Waals surface area contributed by atoms with E-state index >= 15 is 0 Å². The highest BCUT2D eigenvalue weighted by Crippen LogP contribution is 2.29. The lowest BCUT2D eigenvalue weighted by Gasteiger charge is -2.32. The van der Waals surface area contributed by atoms with Crippen molar-refractivity contribution >= 4 is 17.3 Å². The highest BCUT2D eigenvalue weighted by molar-refractivity contribution is 6.33. The normalized spacial score (nSPS) is 19.1. The van der Waals surface area contributed by atoms with Gasteiger partial charge in [-0.2, -0.15) is 0 Å². The summed E-state index contributed by atoms with van der Waals surface area (Å²) in [7, 11) is 4.33. The predicted molar refractivity (Wildman–Crippen MR) is 87.5 cm³/mol. The summed E-state index contributed by atoms with van der Waals surface area (Å²) in [6.07, 6.45) is 2.55. The number of anilines is 1. The van der Waals surface area contributed by atoms with Crippen molar-refractivity contribution in [1.29, 1.82) is 0 Å². The van der Waals surface area contributed by atoms with E-state index in [0.717, 1.165) is 28.7 Å². The van der Waals surface area contributed by atoms with Gasteiger partial charge in [-0.05, 0) is 63.5 Å². The third kappa shape index (κ3) is 3.87. The van der Waals surface area contributed by atoms with Crippen molar-refractivity contribution in [1.82, 2.24) is 4.90 Å². The van der Waals surface area contributed by atoms with Gasteiger partial charge in [-0.3, -0.25) is 0 Å². The lowest BCUT2D eigenvalue weighted by atomic mass is 9.96. The molecule has 0 amide bonds. The van der Waals surface area contributed by atoms with Crippen LogP contribution in [0, 0.1) is 5.92 Å². The first kappa shape index (κ1) is 15.6. The quantitative estimate of drug-likeness (QED) is 0.926. The molecule has 1 heterocycles. The van der Waals surface area contributed by atoms with Crippen LogP contribution < -0.4 is 10.6 Å². The van der Waals surface area contributed by atoms with Crippen molar-refractivity contribution in [3.63, 3.8) is 0 Å². The third-order valence-electron chi connectivity index (χ3n) is 4.28. The van der Waals surface area contributed by atoms with Gasteiger partial charge in [0.05, 0.1) is 10.7 Å². The van der Waals surface area contributed by atoms with Gasteiger partial charge in [0, 0.05) is 19.6 Å². The molecule has 1 saturated heterocycles. The highest BCUT2D eigenvalue weighted by atomic mass is 35.5. The Morgan fingerprint density at radius 3 is 2.60 bits per heavy atom. The molecule has 112 valence electrons. The molecule has 0 radical (unpaired) electrons. The fraction of sp³-hybridized carbons (Fsp3) is 0.625. The maximum atomic E-state index is 6.40. The van der Waals surface area contributed by atoms with Crippen molar-refractivity contribution in [2.24, 2.45) is 11.7 Å². The van der Waals surface area contributed by atoms with Crippen LogP contribution in [0.4, 0.5) is 5.69 Å². The van der Waals surface area contributed by atoms with Crippen LogP contribution in [0.5, 0.6) is 0 Å². The zero-order chi connectivity index (χ0) is 14.7. The Bertz CT molecular complexity index is 439. The van der Waals surface area contributed by atoms with Gasteiger partial charge in [-0.25, -0.2) is 0 Å². The van der Waals surface area contributed by atoms with Gasteiger partial charge in [-0.1, -0.05) is 17.7 Å². The molecule has 0 bridgehead atoms. The van der Waals surface area contributed by atoms with E-state index in [4.69, 9.17) is 17.3 Å². The molecular weight excluding hydrogens is 270 g/mol. The second kappa shape index (κ2) is 6.79. The van der Waals surface area contributed by atoms with Crippen LogP contribution >= 0.6 is 11.6 Å². The number of halogens is 1. The first-order valence-corrected chi connectivity index (χ1v) is 7.80. The average Bonchev–Trinajstić information content (AvgIpc) is 2.41. The molecule has 1 atom stereocenters. The molecule has 1 aliphatic rings. The fourth-order valence-electron chi connectivity index (χ4n) is 2.85. The van der Waals surface area contributed by atoms with E-state index in [0.29, 0.717) is 0 Å². The van der Waals surface area contributed by atoms with Gasteiger partial charge >= 0.3 is 0 Å². The Hall–Kier alpha value is -0.770. The van der Waals surface area contributed by atoms with Gasteiger partial charge in [0.15, 0.2) is 0 Å². The Balaban J connectivity index is 2.00. The number of nitrogens with two attached hydrogens (primary N) is 1. The smallest absolute Gasteiger partial charge is 0.0642 e. The molecule has 2 rings (SSSR count). The molecule has 0 saturated carbocycles. The van der Waals surface area contributed by atoms with Crippen LogP contribution in [-0.4, -0.2) is 38.6 Å². The molecule has 20 heavy (non-hydrogen) atoms. The number of benzene rings is 1. The summed E-state index contributed by atoms with van der Waals surface area (Å²) in [5.74, 6) is 0.764. The number of hydrogen-bond donors (Lipinski definition) is 1. The Labute approximate surface area is 127 Å². The average molecular weight is 296 g/mol. The van der Waals surface area contributed by atoms with Crippen molar-refractivity contribution < 1.29 is 0 Å². The minimum absolute atomic E-state index is 0.0285. The standard InChI is InChI=1S/C16H26ClN3/c1-12(18)14-4-5-16(15(17)10-14)20(3)11-13-6-8-19(2)9-7-13/h4-5,10,12-13H,6-9,11,18H2,1-3H3/t12-/m1/s1. The van der Waals surface area contributed by atoms with Gasteiger partial charge in [-0.15, -0.1) is 0 Å². The zero-order valence-electron chi connectivity index (χ0n) is 12.8. The Morgan fingerprint density at radius 1 is 1.40 bits per heavy atom. The summed E-state index contributed by atoms with van der Waals surface area (Å²) in [5.41, 5.74) is 8.09. The lowest BCUT2D eigenvalue weighted by molar-refractivity contribution is 0.222. The number of hydrogen-bond acceptors (Lipinski definition) is 3. The van der Waals surface area contributed by atoms with E-state index in [1.807, 2.05) is 13.0 Å². The van der Waals surface area contributed by atoms with E-state index in [9.17, 15) is 0 Å². The van der Waals surface area contributed by atoms with E-state index in [-0.39, 0.29) is 6.04 Å². The van der Waals surface area contributed by atoms with E-state index in [1.54, 1.807) is 0 Å². The molecule has 3 nitrogen and oxygen atoms in total. The van der Waals surface area contributed by atoms with E-state index in [1.165, 1.54) is 25.9 Å². The highest BCUT2D eigenvalue weighted by Gasteiger charge is 2.19. The van der Waals surface area contributed by atoms with Crippen LogP contribution in [0.1, 0.15) is 31.4 Å². The first-order chi connectivity index (χ1) is 9.47. The van der Waals surface area contributed by atoms with Crippen LogP contribution in [0.25, 0.3) is 0 Å². The number of piperidine rings is 1.